The first kappa shape index (κ1) is 21.4. The lowest BCUT2D eigenvalue weighted by atomic mass is 10.1. The third kappa shape index (κ3) is 3.53. The van der Waals surface area contributed by atoms with Crippen LogP contribution in [0.4, 0.5) is 14.5 Å². The van der Waals surface area contributed by atoms with E-state index in [9.17, 15) is 4.39 Å². The highest BCUT2D eigenvalue weighted by Gasteiger charge is 2.28. The molecule has 0 radical (unpaired) electrons. The molecule has 36 heavy (non-hydrogen) atoms. The Bertz CT molecular complexity index is 1590. The van der Waals surface area contributed by atoms with Crippen LogP contribution in [-0.4, -0.2) is 45.8 Å². The summed E-state index contributed by atoms with van der Waals surface area (Å²) in [5.41, 5.74) is 3.77. The molecule has 0 amide bonds. The topological polar surface area (TPSA) is 69.2 Å². The molecule has 0 spiro atoms. The van der Waals surface area contributed by atoms with Crippen molar-refractivity contribution in [1.82, 2.24) is 19.5 Å². The Morgan fingerprint density at radius 3 is 2.56 bits per heavy atom. The van der Waals surface area contributed by atoms with E-state index in [1.54, 1.807) is 18.5 Å². The van der Waals surface area contributed by atoms with Gasteiger partial charge in [-0.25, -0.2) is 18.7 Å². The molecule has 0 unspecified atom stereocenters. The van der Waals surface area contributed by atoms with Crippen molar-refractivity contribution in [3.8, 4) is 17.1 Å². The number of fused-ring (bicyclic) bond motifs is 2. The van der Waals surface area contributed by atoms with Gasteiger partial charge in [-0.2, -0.15) is 0 Å². The van der Waals surface area contributed by atoms with Crippen LogP contribution in [0.15, 0.2) is 53.4 Å². The Labute approximate surface area is 205 Å². The number of pyridine rings is 1. The minimum Gasteiger partial charge on any atom is -0.444 e. The van der Waals surface area contributed by atoms with Crippen molar-refractivity contribution in [3.63, 3.8) is 0 Å². The summed E-state index contributed by atoms with van der Waals surface area (Å²) in [5.74, 6) is 0.714. The highest BCUT2D eigenvalue weighted by molar-refractivity contribution is 5.97. The van der Waals surface area contributed by atoms with Crippen molar-refractivity contribution >= 4 is 27.6 Å². The number of anilines is 1. The van der Waals surface area contributed by atoms with E-state index in [2.05, 4.69) is 20.9 Å². The van der Waals surface area contributed by atoms with Crippen molar-refractivity contribution in [2.24, 2.45) is 5.92 Å². The van der Waals surface area contributed by atoms with E-state index in [1.165, 1.54) is 6.20 Å². The zero-order valence-corrected chi connectivity index (χ0v) is 19.5. The van der Waals surface area contributed by atoms with Crippen LogP contribution >= 0.6 is 0 Å². The minimum atomic E-state index is -0.559. The Hall–Kier alpha value is -3.85. The van der Waals surface area contributed by atoms with Crippen molar-refractivity contribution < 1.29 is 17.9 Å². The molecule has 0 N–H and O–H groups in total. The molecular formula is C27H23F2N5O2. The van der Waals surface area contributed by atoms with Crippen LogP contribution in [0.2, 0.25) is 0 Å². The Balaban J connectivity index is 1.55. The van der Waals surface area contributed by atoms with Gasteiger partial charge < -0.3 is 14.1 Å². The van der Waals surface area contributed by atoms with Crippen LogP contribution < -0.4 is 4.90 Å². The first-order valence-electron chi connectivity index (χ1n) is 12.2. The Morgan fingerprint density at radius 2 is 1.78 bits per heavy atom. The predicted octanol–water partition coefficient (Wildman–Crippen LogP) is 5.30. The fourth-order valence-electron chi connectivity index (χ4n) is 5.08. The number of hydrogen-bond donors (Lipinski definition) is 0. The van der Waals surface area contributed by atoms with Gasteiger partial charge in [-0.15, -0.1) is 0 Å². The number of hydrogen-bond acceptors (Lipinski definition) is 6. The third-order valence-corrected chi connectivity index (χ3v) is 7.03. The SMILES string of the molecule is Fc1ccc(F)c2c(-n3c(CC4CC4)nc4c(-c5ncco5)cc(N5CCOCC5)cc43)ccnc12. The van der Waals surface area contributed by atoms with Gasteiger partial charge >= 0.3 is 0 Å². The maximum absolute atomic E-state index is 15.2. The van der Waals surface area contributed by atoms with E-state index >= 15 is 4.39 Å². The fourth-order valence-corrected chi connectivity index (χ4v) is 5.08. The second kappa shape index (κ2) is 8.37. The second-order valence-electron chi connectivity index (χ2n) is 9.39. The van der Waals surface area contributed by atoms with Crippen LogP contribution in [-0.2, 0) is 11.2 Å². The summed E-state index contributed by atoms with van der Waals surface area (Å²) in [6.07, 6.45) is 7.68. The second-order valence-corrected chi connectivity index (χ2v) is 9.39. The van der Waals surface area contributed by atoms with Crippen molar-refractivity contribution in [3.05, 3.63) is 66.4 Å². The molecule has 3 aromatic heterocycles. The number of aromatic nitrogens is 4. The van der Waals surface area contributed by atoms with Crippen LogP contribution in [0.1, 0.15) is 18.7 Å². The number of rotatable bonds is 5. The molecule has 1 saturated carbocycles. The highest BCUT2D eigenvalue weighted by atomic mass is 19.1. The van der Waals surface area contributed by atoms with E-state index in [-0.39, 0.29) is 10.9 Å². The molecule has 7 nitrogen and oxygen atoms in total. The molecule has 2 aromatic carbocycles. The molecule has 2 fully saturated rings. The number of halogens is 2. The van der Waals surface area contributed by atoms with Gasteiger partial charge in [-0.1, -0.05) is 0 Å². The van der Waals surface area contributed by atoms with Crippen LogP contribution in [0.3, 0.4) is 0 Å². The molecule has 182 valence electrons. The molecule has 1 aliphatic heterocycles. The van der Waals surface area contributed by atoms with Gasteiger partial charge in [0.1, 0.15) is 34.8 Å². The van der Waals surface area contributed by atoms with Crippen molar-refractivity contribution in [2.45, 2.75) is 19.3 Å². The quantitative estimate of drug-likeness (QED) is 0.335. The van der Waals surface area contributed by atoms with Gasteiger partial charge in [-0.05, 0) is 49.1 Å². The van der Waals surface area contributed by atoms with Crippen molar-refractivity contribution in [1.29, 1.82) is 0 Å². The molecule has 2 aliphatic rings. The lowest BCUT2D eigenvalue weighted by Crippen LogP contribution is -2.36. The molecule has 1 saturated heterocycles. The van der Waals surface area contributed by atoms with E-state index < -0.39 is 11.6 Å². The van der Waals surface area contributed by atoms with Gasteiger partial charge in [0.05, 0.1) is 41.6 Å². The number of nitrogens with zero attached hydrogens (tertiary/aromatic N) is 5. The number of ether oxygens (including phenoxy) is 1. The summed E-state index contributed by atoms with van der Waals surface area (Å²) in [5, 5.41) is 0.142. The maximum atomic E-state index is 15.2. The monoisotopic (exact) mass is 487 g/mol. The number of oxazole rings is 1. The fraction of sp³-hybridized carbons (Fsp3) is 0.296. The zero-order valence-electron chi connectivity index (χ0n) is 19.5. The summed E-state index contributed by atoms with van der Waals surface area (Å²) in [6, 6.07) is 8.11. The van der Waals surface area contributed by atoms with Crippen LogP contribution in [0, 0.1) is 17.6 Å². The summed E-state index contributed by atoms with van der Waals surface area (Å²) in [7, 11) is 0. The average Bonchev–Trinajstić information content (AvgIpc) is 3.41. The molecule has 7 rings (SSSR count). The largest absolute Gasteiger partial charge is 0.444 e. The Kier molecular flexibility index (Phi) is 4.99. The number of imidazole rings is 1. The van der Waals surface area contributed by atoms with E-state index in [0.29, 0.717) is 36.2 Å². The van der Waals surface area contributed by atoms with Crippen LogP contribution in [0.5, 0.6) is 0 Å². The molecule has 0 bridgehead atoms. The molecule has 4 heterocycles. The van der Waals surface area contributed by atoms with Crippen molar-refractivity contribution in [2.75, 3.05) is 31.2 Å². The first-order valence-corrected chi connectivity index (χ1v) is 12.2. The summed E-state index contributed by atoms with van der Waals surface area (Å²) in [4.78, 5) is 15.9. The first-order chi connectivity index (χ1) is 17.7. The maximum Gasteiger partial charge on any atom is 0.228 e. The average molecular weight is 488 g/mol. The standard InChI is InChI=1S/C27H23F2N5O2/c28-19-3-4-20(29)26-24(19)21(5-6-30-26)34-22-15-17(33-8-11-35-12-9-33)14-18(27-31-7-10-36-27)25(22)32-23(34)13-16-1-2-16/h3-7,10,14-16H,1-2,8-9,11-13H2. The summed E-state index contributed by atoms with van der Waals surface area (Å²) in [6.45, 7) is 2.77. The highest BCUT2D eigenvalue weighted by Crippen LogP contribution is 2.39. The molecule has 0 atom stereocenters. The molecule has 1 aliphatic carbocycles. The summed E-state index contributed by atoms with van der Waals surface area (Å²) < 4.78 is 43.1. The summed E-state index contributed by atoms with van der Waals surface area (Å²) >= 11 is 0. The third-order valence-electron chi connectivity index (χ3n) is 7.03. The predicted molar refractivity (Wildman–Crippen MR) is 131 cm³/mol. The molecule has 5 aromatic rings. The lowest BCUT2D eigenvalue weighted by molar-refractivity contribution is 0.122. The van der Waals surface area contributed by atoms with E-state index in [1.807, 2.05) is 10.6 Å². The van der Waals surface area contributed by atoms with Gasteiger partial charge in [0.15, 0.2) is 0 Å². The minimum absolute atomic E-state index is 0.00369. The molecule has 9 heteroatoms. The van der Waals surface area contributed by atoms with Gasteiger partial charge in [0.25, 0.3) is 0 Å². The smallest absolute Gasteiger partial charge is 0.228 e. The molecular weight excluding hydrogens is 464 g/mol. The van der Waals surface area contributed by atoms with Gasteiger partial charge in [0, 0.05) is 31.4 Å². The van der Waals surface area contributed by atoms with Gasteiger partial charge in [0.2, 0.25) is 5.89 Å². The Morgan fingerprint density at radius 1 is 0.944 bits per heavy atom. The van der Waals surface area contributed by atoms with Crippen LogP contribution in [0.25, 0.3) is 39.1 Å². The van der Waals surface area contributed by atoms with E-state index in [0.717, 1.165) is 67.1 Å². The number of benzene rings is 2. The lowest BCUT2D eigenvalue weighted by Gasteiger charge is -2.29. The van der Waals surface area contributed by atoms with Gasteiger partial charge in [-0.3, -0.25) is 9.55 Å². The van der Waals surface area contributed by atoms with E-state index in [4.69, 9.17) is 14.1 Å². The zero-order chi connectivity index (χ0) is 24.2. The normalized spacial score (nSPS) is 16.3. The number of morpholine rings is 1.